The lowest BCUT2D eigenvalue weighted by Crippen LogP contribution is -2.41. The predicted octanol–water partition coefficient (Wildman–Crippen LogP) is 0.708. The molecule has 1 fully saturated rings. The van der Waals surface area contributed by atoms with Crippen LogP contribution in [0.15, 0.2) is 12.4 Å². The average Bonchev–Trinajstić information content (AvgIpc) is 3.33. The van der Waals surface area contributed by atoms with Crippen molar-refractivity contribution in [2.24, 2.45) is 0 Å². The van der Waals surface area contributed by atoms with Crippen LogP contribution < -0.4 is 20.9 Å². The number of aromatic amines is 1. The minimum Gasteiger partial charge on any atom is -0.373 e. The topological polar surface area (TPSA) is 111 Å². The molecule has 2 aliphatic rings. The van der Waals surface area contributed by atoms with Gasteiger partial charge in [-0.05, 0) is 12.8 Å². The lowest BCUT2D eigenvalue weighted by Gasteiger charge is -2.26. The number of aromatic nitrogens is 4. The smallest absolute Gasteiger partial charge is 0.272 e. The molecule has 4 heterocycles. The summed E-state index contributed by atoms with van der Waals surface area (Å²) >= 11 is 0. The van der Waals surface area contributed by atoms with E-state index in [1.54, 1.807) is 6.33 Å². The van der Waals surface area contributed by atoms with Gasteiger partial charge in [-0.1, -0.05) is 0 Å². The summed E-state index contributed by atoms with van der Waals surface area (Å²) in [6.45, 7) is 3.12. The summed E-state index contributed by atoms with van der Waals surface area (Å²) in [4.78, 5) is 23.4. The highest BCUT2D eigenvalue weighted by molar-refractivity contribution is 5.94. The molecular weight excluding hydrogens is 368 g/mol. The number of amides is 1. The molecule has 0 aliphatic carbocycles. The van der Waals surface area contributed by atoms with Crippen molar-refractivity contribution in [1.29, 1.82) is 0 Å². The molecule has 2 aromatic rings. The Kier molecular flexibility index (Phi) is 6.12. The monoisotopic (exact) mass is 392 g/mol. The van der Waals surface area contributed by atoms with E-state index >= 15 is 0 Å². The third-order valence-corrected chi connectivity index (χ3v) is 5.10. The van der Waals surface area contributed by atoms with Gasteiger partial charge in [0.05, 0.1) is 0 Å². The normalized spacial score (nSPS) is 18.6. The van der Waals surface area contributed by atoms with Crippen LogP contribution in [0, 0.1) is 0 Å². The van der Waals surface area contributed by atoms with Crippen molar-refractivity contribution in [3.8, 4) is 0 Å². The molecule has 4 N–H and O–H groups in total. The summed E-state index contributed by atoms with van der Waals surface area (Å²) in [6.07, 6.45) is 4.56. The van der Waals surface area contributed by atoms with Crippen LogP contribution in [0.3, 0.4) is 0 Å². The van der Waals surface area contributed by atoms with Crippen molar-refractivity contribution in [2.45, 2.75) is 31.8 Å². The number of H-pyrrole nitrogens is 1. The second kappa shape index (κ2) is 8.53. The number of nitrogens with zero attached hydrogens (tertiary/aromatic N) is 4. The van der Waals surface area contributed by atoms with E-state index in [1.165, 1.54) is 0 Å². The zero-order valence-corrected chi connectivity index (χ0v) is 16.1. The molecule has 1 atom stereocenters. The van der Waals surface area contributed by atoms with Gasteiger partial charge in [0.25, 0.3) is 5.91 Å². The van der Waals surface area contributed by atoms with Gasteiger partial charge in [0.2, 0.25) is 0 Å². The maximum Gasteiger partial charge on any atom is 0.272 e. The molecule has 1 unspecified atom stereocenters. The van der Waals surface area contributed by atoms with Crippen LogP contribution in [0.4, 0.5) is 11.6 Å². The van der Waals surface area contributed by atoms with Gasteiger partial charge in [-0.2, -0.15) is 5.10 Å². The SMILES string of the molecule is CNc1cc(N2CCCC2CNC(=O)c2n[nH]c3c2CNCC3)ncn1.Cl. The van der Waals surface area contributed by atoms with Crippen LogP contribution in [0.25, 0.3) is 0 Å². The van der Waals surface area contributed by atoms with E-state index in [9.17, 15) is 4.79 Å². The number of anilines is 2. The zero-order chi connectivity index (χ0) is 17.9. The fourth-order valence-corrected chi connectivity index (χ4v) is 3.70. The molecule has 0 radical (unpaired) electrons. The van der Waals surface area contributed by atoms with E-state index in [4.69, 9.17) is 0 Å². The predicted molar refractivity (Wildman–Crippen MR) is 106 cm³/mol. The fraction of sp³-hybridized carbons (Fsp3) is 0.529. The molecule has 10 heteroatoms. The Bertz CT molecular complexity index is 795. The van der Waals surface area contributed by atoms with Crippen molar-refractivity contribution in [3.63, 3.8) is 0 Å². The minimum atomic E-state index is -0.114. The average molecular weight is 393 g/mol. The van der Waals surface area contributed by atoms with Gasteiger partial charge in [-0.3, -0.25) is 9.89 Å². The van der Waals surface area contributed by atoms with Crippen molar-refractivity contribution in [1.82, 2.24) is 30.8 Å². The van der Waals surface area contributed by atoms with E-state index in [-0.39, 0.29) is 24.4 Å². The van der Waals surface area contributed by atoms with Gasteiger partial charge >= 0.3 is 0 Å². The second-order valence-electron chi connectivity index (χ2n) is 6.67. The van der Waals surface area contributed by atoms with Crippen molar-refractivity contribution >= 4 is 29.9 Å². The summed E-state index contributed by atoms with van der Waals surface area (Å²) in [7, 11) is 1.84. The summed E-state index contributed by atoms with van der Waals surface area (Å²) < 4.78 is 0. The summed E-state index contributed by atoms with van der Waals surface area (Å²) in [5.41, 5.74) is 2.57. The third-order valence-electron chi connectivity index (χ3n) is 5.10. The van der Waals surface area contributed by atoms with E-state index in [2.05, 4.69) is 41.0 Å². The summed E-state index contributed by atoms with van der Waals surface area (Å²) in [5.74, 6) is 1.57. The van der Waals surface area contributed by atoms with Gasteiger partial charge in [-0.25, -0.2) is 9.97 Å². The summed E-state index contributed by atoms with van der Waals surface area (Å²) in [5, 5.41) is 16.6. The second-order valence-corrected chi connectivity index (χ2v) is 6.67. The Morgan fingerprint density at radius 1 is 1.41 bits per heavy atom. The molecular formula is C17H25ClN8O. The molecule has 0 saturated carbocycles. The highest BCUT2D eigenvalue weighted by atomic mass is 35.5. The molecule has 0 spiro atoms. The Morgan fingerprint density at radius 3 is 3.15 bits per heavy atom. The first-order chi connectivity index (χ1) is 12.8. The Hall–Kier alpha value is -2.39. The molecule has 1 amide bonds. The first-order valence-electron chi connectivity index (χ1n) is 9.07. The zero-order valence-electron chi connectivity index (χ0n) is 15.3. The van der Waals surface area contributed by atoms with Crippen LogP contribution in [-0.2, 0) is 13.0 Å². The Labute approximate surface area is 164 Å². The molecule has 9 nitrogen and oxygen atoms in total. The molecule has 2 aromatic heterocycles. The largest absolute Gasteiger partial charge is 0.373 e. The van der Waals surface area contributed by atoms with Crippen LogP contribution in [0.2, 0.25) is 0 Å². The molecule has 146 valence electrons. The lowest BCUT2D eigenvalue weighted by atomic mass is 10.1. The van der Waals surface area contributed by atoms with Crippen molar-refractivity contribution in [3.05, 3.63) is 29.3 Å². The summed E-state index contributed by atoms with van der Waals surface area (Å²) in [6, 6.07) is 2.17. The number of carbonyl (C=O) groups is 1. The molecule has 2 aliphatic heterocycles. The lowest BCUT2D eigenvalue weighted by molar-refractivity contribution is 0.0945. The van der Waals surface area contributed by atoms with Crippen molar-refractivity contribution in [2.75, 3.05) is 36.9 Å². The quantitative estimate of drug-likeness (QED) is 0.593. The maximum absolute atomic E-state index is 12.6. The Balaban J connectivity index is 0.00000210. The van der Waals surface area contributed by atoms with Crippen molar-refractivity contribution < 1.29 is 4.79 Å². The molecule has 4 rings (SSSR count). The van der Waals surface area contributed by atoms with E-state index < -0.39 is 0 Å². The highest BCUT2D eigenvalue weighted by Gasteiger charge is 2.28. The van der Waals surface area contributed by atoms with Gasteiger partial charge in [0, 0.05) is 63.0 Å². The first-order valence-corrected chi connectivity index (χ1v) is 9.07. The number of hydrogen-bond donors (Lipinski definition) is 4. The van der Waals surface area contributed by atoms with Crippen LogP contribution in [0.1, 0.15) is 34.6 Å². The number of halogens is 1. The molecule has 27 heavy (non-hydrogen) atoms. The van der Waals surface area contributed by atoms with E-state index in [0.717, 1.165) is 55.2 Å². The maximum atomic E-state index is 12.6. The molecule has 0 aromatic carbocycles. The number of nitrogens with one attached hydrogen (secondary N) is 4. The van der Waals surface area contributed by atoms with Gasteiger partial charge in [-0.15, -0.1) is 12.4 Å². The Morgan fingerprint density at radius 2 is 2.30 bits per heavy atom. The number of rotatable bonds is 5. The standard InChI is InChI=1S/C17H24N8O.ClH/c1-18-14-7-15(22-10-21-14)25-6-2-3-11(25)8-20-17(26)16-12-9-19-5-4-13(12)23-24-16;/h7,10-11,19H,2-6,8-9H2,1H3,(H,20,26)(H,23,24)(H,18,21,22);1H. The van der Waals surface area contributed by atoms with E-state index in [0.29, 0.717) is 18.8 Å². The van der Waals surface area contributed by atoms with Gasteiger partial charge < -0.3 is 20.9 Å². The minimum absolute atomic E-state index is 0. The number of carbonyl (C=O) groups excluding carboxylic acids is 1. The first kappa shape index (κ1) is 19.4. The molecule has 0 bridgehead atoms. The number of hydrogen-bond acceptors (Lipinski definition) is 7. The molecule has 1 saturated heterocycles. The third kappa shape index (κ3) is 3.98. The van der Waals surface area contributed by atoms with Crippen LogP contribution in [-0.4, -0.2) is 58.8 Å². The highest BCUT2D eigenvalue weighted by Crippen LogP contribution is 2.24. The number of fused-ring (bicyclic) bond motifs is 1. The van der Waals surface area contributed by atoms with Crippen LogP contribution >= 0.6 is 12.4 Å². The van der Waals surface area contributed by atoms with Gasteiger partial charge in [0.15, 0.2) is 5.69 Å². The van der Waals surface area contributed by atoms with Gasteiger partial charge in [0.1, 0.15) is 18.0 Å². The fourth-order valence-electron chi connectivity index (χ4n) is 3.70. The van der Waals surface area contributed by atoms with Crippen LogP contribution in [0.5, 0.6) is 0 Å². The van der Waals surface area contributed by atoms with E-state index in [1.807, 2.05) is 13.1 Å².